The summed E-state index contributed by atoms with van der Waals surface area (Å²) in [5.74, 6) is 0.713. The Bertz CT molecular complexity index is 875. The topological polar surface area (TPSA) is 70.5 Å². The molecule has 3 heterocycles. The summed E-state index contributed by atoms with van der Waals surface area (Å²) in [4.78, 5) is 30.9. The highest BCUT2D eigenvalue weighted by molar-refractivity contribution is 7.20. The van der Waals surface area contributed by atoms with Crippen LogP contribution in [0, 0.1) is 12.8 Å². The quantitative estimate of drug-likeness (QED) is 0.802. The van der Waals surface area contributed by atoms with E-state index >= 15 is 0 Å². The van der Waals surface area contributed by atoms with Gasteiger partial charge in [0.25, 0.3) is 5.91 Å². The Hall–Kier alpha value is -1.93. The molecule has 2 amide bonds. The van der Waals surface area contributed by atoms with E-state index in [1.165, 1.54) is 0 Å². The molecule has 2 aromatic heterocycles. The maximum Gasteiger partial charge on any atom is 0.264 e. The third-order valence-corrected chi connectivity index (χ3v) is 6.46. The van der Waals surface area contributed by atoms with Crippen LogP contribution in [0.15, 0.2) is 6.07 Å². The molecule has 0 atom stereocenters. The molecule has 2 aromatic rings. The van der Waals surface area contributed by atoms with Gasteiger partial charge in [0.05, 0.1) is 17.1 Å². The third kappa shape index (κ3) is 4.22. The first-order chi connectivity index (χ1) is 13.4. The van der Waals surface area contributed by atoms with Crippen LogP contribution in [0.2, 0.25) is 0 Å². The van der Waals surface area contributed by atoms with E-state index in [1.807, 2.05) is 22.6 Å². The van der Waals surface area contributed by atoms with Crippen LogP contribution in [-0.4, -0.2) is 70.2 Å². The van der Waals surface area contributed by atoms with Crippen LogP contribution in [0.25, 0.3) is 10.2 Å². The maximum atomic E-state index is 13.0. The number of carbonyl (C=O) groups excluding carboxylic acids is 2. The molecule has 1 aliphatic heterocycles. The minimum Gasteiger partial charge on any atom is -0.352 e. The molecule has 1 saturated carbocycles. The highest BCUT2D eigenvalue weighted by Crippen LogP contribution is 2.30. The molecule has 4 rings (SSSR count). The van der Waals surface area contributed by atoms with E-state index in [-0.39, 0.29) is 11.8 Å². The van der Waals surface area contributed by atoms with Gasteiger partial charge in [-0.2, -0.15) is 5.10 Å². The molecule has 2 aliphatic rings. The fraction of sp³-hybridized carbons (Fsp3) is 0.650. The van der Waals surface area contributed by atoms with Crippen molar-refractivity contribution in [2.24, 2.45) is 5.92 Å². The Labute approximate surface area is 169 Å². The molecule has 0 bridgehead atoms. The monoisotopic (exact) mass is 403 g/mol. The molecule has 1 saturated heterocycles. The van der Waals surface area contributed by atoms with Gasteiger partial charge in [-0.1, -0.05) is 13.8 Å². The van der Waals surface area contributed by atoms with Crippen molar-refractivity contribution in [1.82, 2.24) is 24.9 Å². The van der Waals surface area contributed by atoms with Crippen molar-refractivity contribution >= 4 is 33.4 Å². The molecule has 0 spiro atoms. The van der Waals surface area contributed by atoms with Gasteiger partial charge in [0.1, 0.15) is 4.83 Å². The molecule has 8 heteroatoms. The van der Waals surface area contributed by atoms with E-state index in [4.69, 9.17) is 0 Å². The summed E-state index contributed by atoms with van der Waals surface area (Å²) >= 11 is 1.55. The van der Waals surface area contributed by atoms with E-state index < -0.39 is 0 Å². The largest absolute Gasteiger partial charge is 0.352 e. The lowest BCUT2D eigenvalue weighted by Gasteiger charge is -2.34. The van der Waals surface area contributed by atoms with Crippen LogP contribution in [0.5, 0.6) is 0 Å². The van der Waals surface area contributed by atoms with Gasteiger partial charge >= 0.3 is 0 Å². The highest BCUT2D eigenvalue weighted by atomic mass is 32.1. The average Bonchev–Trinajstić information content (AvgIpc) is 3.26. The van der Waals surface area contributed by atoms with Crippen molar-refractivity contribution in [1.29, 1.82) is 0 Å². The predicted octanol–water partition coefficient (Wildman–Crippen LogP) is 2.10. The zero-order valence-electron chi connectivity index (χ0n) is 16.9. The molecule has 0 radical (unpaired) electrons. The summed E-state index contributed by atoms with van der Waals surface area (Å²) in [5.41, 5.74) is 0.984. The van der Waals surface area contributed by atoms with E-state index in [2.05, 4.69) is 29.2 Å². The summed E-state index contributed by atoms with van der Waals surface area (Å²) < 4.78 is 2.03. The molecule has 2 fully saturated rings. The van der Waals surface area contributed by atoms with Crippen molar-refractivity contribution in [3.63, 3.8) is 0 Å². The number of hydrogen-bond acceptors (Lipinski definition) is 5. The van der Waals surface area contributed by atoms with Gasteiger partial charge in [-0.05, 0) is 31.7 Å². The van der Waals surface area contributed by atoms with Crippen LogP contribution in [-0.2, 0) is 11.3 Å². The maximum absolute atomic E-state index is 13.0. The Morgan fingerprint density at radius 2 is 1.96 bits per heavy atom. The fourth-order valence-electron chi connectivity index (χ4n) is 3.66. The van der Waals surface area contributed by atoms with Crippen molar-refractivity contribution in [2.75, 3.05) is 32.7 Å². The predicted molar refractivity (Wildman–Crippen MR) is 111 cm³/mol. The highest BCUT2D eigenvalue weighted by Gasteiger charge is 2.27. The Balaban J connectivity index is 1.37. The zero-order chi connectivity index (χ0) is 19.8. The third-order valence-electron chi connectivity index (χ3n) is 5.33. The van der Waals surface area contributed by atoms with Gasteiger partial charge in [-0.15, -0.1) is 11.3 Å². The van der Waals surface area contributed by atoms with Gasteiger partial charge in [-0.25, -0.2) is 0 Å². The van der Waals surface area contributed by atoms with Crippen molar-refractivity contribution in [3.8, 4) is 0 Å². The van der Waals surface area contributed by atoms with E-state index in [0.29, 0.717) is 31.6 Å². The lowest BCUT2D eigenvalue weighted by molar-refractivity contribution is -0.122. The van der Waals surface area contributed by atoms with Gasteiger partial charge in [0.15, 0.2) is 0 Å². The number of thiophene rings is 1. The summed E-state index contributed by atoms with van der Waals surface area (Å²) in [5, 5.41) is 8.74. The number of nitrogens with one attached hydrogen (secondary N) is 1. The van der Waals surface area contributed by atoms with Gasteiger partial charge in [0, 0.05) is 44.2 Å². The number of fused-ring (bicyclic) bond motifs is 1. The molecule has 28 heavy (non-hydrogen) atoms. The first-order valence-corrected chi connectivity index (χ1v) is 11.0. The van der Waals surface area contributed by atoms with Crippen LogP contribution >= 0.6 is 11.3 Å². The second-order valence-electron chi connectivity index (χ2n) is 8.40. The number of aromatic nitrogens is 2. The van der Waals surface area contributed by atoms with Crippen molar-refractivity contribution in [2.45, 2.75) is 46.2 Å². The smallest absolute Gasteiger partial charge is 0.264 e. The first-order valence-electron chi connectivity index (χ1n) is 10.2. The minimum atomic E-state index is 0.0961. The Morgan fingerprint density at radius 1 is 1.25 bits per heavy atom. The molecular formula is C20H29N5O2S. The molecule has 0 unspecified atom stereocenters. The molecule has 1 N–H and O–H groups in total. The van der Waals surface area contributed by atoms with E-state index in [0.717, 1.165) is 53.3 Å². The second kappa shape index (κ2) is 7.83. The summed E-state index contributed by atoms with van der Waals surface area (Å²) in [6.45, 7) is 10.5. The van der Waals surface area contributed by atoms with Crippen molar-refractivity contribution < 1.29 is 9.59 Å². The fourth-order valence-corrected chi connectivity index (χ4v) is 4.80. The van der Waals surface area contributed by atoms with Crippen LogP contribution < -0.4 is 5.32 Å². The number of aryl methyl sites for hydroxylation is 1. The van der Waals surface area contributed by atoms with Crippen LogP contribution in [0.3, 0.4) is 0 Å². The van der Waals surface area contributed by atoms with Crippen LogP contribution in [0.4, 0.5) is 0 Å². The standard InChI is InChI=1S/C20H29N5O2S/c1-13(2)11-25-20-16(14(3)22-25)10-17(28-20)19(27)24-8-6-23(7-9-24)12-18(26)21-15-4-5-15/h10,13,15H,4-9,11-12H2,1-3H3,(H,21,26). The SMILES string of the molecule is Cc1nn(CC(C)C)c2sc(C(=O)N3CCN(CC(=O)NC4CC4)CC3)cc12. The lowest BCUT2D eigenvalue weighted by atomic mass is 10.2. The van der Waals surface area contributed by atoms with E-state index in [1.54, 1.807) is 11.3 Å². The average molecular weight is 404 g/mol. The summed E-state index contributed by atoms with van der Waals surface area (Å²) in [7, 11) is 0. The second-order valence-corrected chi connectivity index (χ2v) is 9.43. The zero-order valence-corrected chi connectivity index (χ0v) is 17.7. The van der Waals surface area contributed by atoms with E-state index in [9.17, 15) is 9.59 Å². The Morgan fingerprint density at radius 3 is 2.61 bits per heavy atom. The molecule has 1 aliphatic carbocycles. The summed E-state index contributed by atoms with van der Waals surface area (Å²) in [6, 6.07) is 2.40. The molecule has 0 aromatic carbocycles. The first kappa shape index (κ1) is 19.4. The molecular weight excluding hydrogens is 374 g/mol. The molecule has 152 valence electrons. The number of hydrogen-bond donors (Lipinski definition) is 1. The minimum absolute atomic E-state index is 0.0961. The normalized spacial score (nSPS) is 18.2. The van der Waals surface area contributed by atoms with Crippen LogP contribution in [0.1, 0.15) is 42.1 Å². The number of amides is 2. The number of piperazine rings is 1. The number of nitrogens with zero attached hydrogens (tertiary/aromatic N) is 4. The number of rotatable bonds is 6. The van der Waals surface area contributed by atoms with Gasteiger partial charge < -0.3 is 10.2 Å². The van der Waals surface area contributed by atoms with Gasteiger partial charge in [0.2, 0.25) is 5.91 Å². The molecule has 7 nitrogen and oxygen atoms in total. The summed E-state index contributed by atoms with van der Waals surface area (Å²) in [6.07, 6.45) is 2.22. The lowest BCUT2D eigenvalue weighted by Crippen LogP contribution is -2.51. The van der Waals surface area contributed by atoms with Gasteiger partial charge in [-0.3, -0.25) is 19.2 Å². The number of carbonyl (C=O) groups is 2. The Kier molecular flexibility index (Phi) is 5.42. The van der Waals surface area contributed by atoms with Crippen molar-refractivity contribution in [3.05, 3.63) is 16.6 Å².